The van der Waals surface area contributed by atoms with Gasteiger partial charge in [-0.2, -0.15) is 0 Å². The second kappa shape index (κ2) is 3.65. The maximum atomic E-state index is 5.69. The molecule has 0 aliphatic carbocycles. The van der Waals surface area contributed by atoms with Crippen molar-refractivity contribution < 1.29 is 4.74 Å². The minimum Gasteiger partial charge on any atom is -0.462 e. The van der Waals surface area contributed by atoms with E-state index < -0.39 is 0 Å². The Hall–Kier alpha value is -1.24. The second-order valence-corrected chi connectivity index (χ2v) is 3.19. The molecule has 13 heavy (non-hydrogen) atoms. The Morgan fingerprint density at radius 2 is 2.15 bits per heavy atom. The van der Waals surface area contributed by atoms with Crippen molar-refractivity contribution in [3.05, 3.63) is 48.6 Å². The third-order valence-electron chi connectivity index (χ3n) is 2.19. The van der Waals surface area contributed by atoms with Crippen LogP contribution >= 0.6 is 0 Å². The molecule has 0 N–H and O–H groups in total. The molecule has 1 heteroatoms. The van der Waals surface area contributed by atoms with Crippen LogP contribution in [0.3, 0.4) is 0 Å². The summed E-state index contributed by atoms with van der Waals surface area (Å²) in [7, 11) is 0. The van der Waals surface area contributed by atoms with Gasteiger partial charge >= 0.3 is 0 Å². The molecule has 0 bridgehead atoms. The molecule has 0 aromatic heterocycles. The van der Waals surface area contributed by atoms with Crippen molar-refractivity contribution in [2.75, 3.05) is 0 Å². The van der Waals surface area contributed by atoms with Crippen LogP contribution in [0.15, 0.2) is 36.1 Å². The van der Waals surface area contributed by atoms with Gasteiger partial charge in [0.25, 0.3) is 0 Å². The van der Waals surface area contributed by atoms with Gasteiger partial charge in [0.05, 0.1) is 0 Å². The first-order chi connectivity index (χ1) is 6.40. The Labute approximate surface area is 79.0 Å². The molecule has 1 aliphatic rings. The number of allylic oxidation sites excluding steroid dienone is 2. The van der Waals surface area contributed by atoms with E-state index in [0.29, 0.717) is 0 Å². The highest BCUT2D eigenvalue weighted by Crippen LogP contribution is 2.27. The lowest BCUT2D eigenvalue weighted by molar-refractivity contribution is 0.389. The van der Waals surface area contributed by atoms with Gasteiger partial charge in [0.15, 0.2) is 0 Å². The smallest absolute Gasteiger partial charge is 0.130 e. The van der Waals surface area contributed by atoms with Crippen molar-refractivity contribution in [2.24, 2.45) is 0 Å². The maximum absolute atomic E-state index is 5.69. The lowest BCUT2D eigenvalue weighted by Gasteiger charge is -2.17. The van der Waals surface area contributed by atoms with Crippen molar-refractivity contribution in [2.45, 2.75) is 19.3 Å². The van der Waals surface area contributed by atoms with Gasteiger partial charge in [-0.15, -0.1) is 0 Å². The molecule has 1 nitrogen and oxygen atoms in total. The largest absolute Gasteiger partial charge is 0.462 e. The minimum atomic E-state index is 0.897. The summed E-state index contributed by atoms with van der Waals surface area (Å²) in [6.45, 7) is 3.81. The molecular formula is C12H13O. The van der Waals surface area contributed by atoms with E-state index in [1.807, 2.05) is 18.2 Å². The predicted molar refractivity (Wildman–Crippen MR) is 53.4 cm³/mol. The van der Waals surface area contributed by atoms with Gasteiger partial charge < -0.3 is 4.74 Å². The normalized spacial score (nSPS) is 14.4. The molecule has 0 atom stereocenters. The van der Waals surface area contributed by atoms with E-state index in [1.54, 1.807) is 0 Å². The summed E-state index contributed by atoms with van der Waals surface area (Å²) in [4.78, 5) is 0. The van der Waals surface area contributed by atoms with E-state index in [1.165, 1.54) is 5.56 Å². The molecule has 0 fully saturated rings. The summed E-state index contributed by atoms with van der Waals surface area (Å²) in [6, 6.07) is 8.17. The summed E-state index contributed by atoms with van der Waals surface area (Å²) in [5.41, 5.74) is 1.27. The van der Waals surface area contributed by atoms with Crippen LogP contribution in [0.25, 0.3) is 0 Å². The maximum Gasteiger partial charge on any atom is 0.130 e. The Morgan fingerprint density at radius 3 is 3.00 bits per heavy atom. The van der Waals surface area contributed by atoms with Gasteiger partial charge in [0, 0.05) is 6.42 Å². The summed E-state index contributed by atoms with van der Waals surface area (Å²) < 4.78 is 5.69. The first-order valence-electron chi connectivity index (χ1n) is 4.64. The molecule has 1 heterocycles. The standard InChI is InChI=1S/C12H13O/c1-2-5-11-9-8-10-6-3-4-7-12(10)13-11/h3-4,6-7,9H,1-2,5,8H2. The zero-order valence-electron chi connectivity index (χ0n) is 7.62. The summed E-state index contributed by atoms with van der Waals surface area (Å²) in [6.07, 6.45) is 4.97. The monoisotopic (exact) mass is 173 g/mol. The van der Waals surface area contributed by atoms with Gasteiger partial charge in [-0.3, -0.25) is 0 Å². The molecule has 0 saturated heterocycles. The molecule has 0 amide bonds. The Morgan fingerprint density at radius 1 is 1.31 bits per heavy atom. The van der Waals surface area contributed by atoms with Crippen molar-refractivity contribution in [3.63, 3.8) is 0 Å². The van der Waals surface area contributed by atoms with Gasteiger partial charge in [0.2, 0.25) is 0 Å². The quantitative estimate of drug-likeness (QED) is 0.667. The Kier molecular flexibility index (Phi) is 2.35. The SMILES string of the molecule is [CH2]CCC1=CCc2ccccc2O1. The van der Waals surface area contributed by atoms with E-state index in [-0.39, 0.29) is 0 Å². The van der Waals surface area contributed by atoms with E-state index >= 15 is 0 Å². The molecular weight excluding hydrogens is 160 g/mol. The zero-order chi connectivity index (χ0) is 9.10. The number of hydrogen-bond acceptors (Lipinski definition) is 1. The number of rotatable bonds is 2. The number of hydrogen-bond donors (Lipinski definition) is 0. The van der Waals surface area contributed by atoms with Crippen molar-refractivity contribution in [3.8, 4) is 5.75 Å². The van der Waals surface area contributed by atoms with Gasteiger partial charge in [0.1, 0.15) is 11.5 Å². The predicted octanol–water partition coefficient (Wildman–Crippen LogP) is 3.12. The summed E-state index contributed by atoms with van der Waals surface area (Å²) in [5.74, 6) is 2.07. The lowest BCUT2D eigenvalue weighted by Crippen LogP contribution is -2.03. The molecule has 0 spiro atoms. The van der Waals surface area contributed by atoms with E-state index in [2.05, 4.69) is 19.1 Å². The molecule has 0 unspecified atom stereocenters. The number of para-hydroxylation sites is 1. The van der Waals surface area contributed by atoms with Crippen LogP contribution in [0.1, 0.15) is 18.4 Å². The van der Waals surface area contributed by atoms with Crippen molar-refractivity contribution >= 4 is 0 Å². The number of fused-ring (bicyclic) bond motifs is 1. The highest BCUT2D eigenvalue weighted by molar-refractivity contribution is 5.38. The molecule has 1 aromatic rings. The van der Waals surface area contributed by atoms with Gasteiger partial charge in [-0.1, -0.05) is 25.1 Å². The van der Waals surface area contributed by atoms with E-state index in [9.17, 15) is 0 Å². The fraction of sp³-hybridized carbons (Fsp3) is 0.250. The lowest BCUT2D eigenvalue weighted by atomic mass is 10.1. The average Bonchev–Trinajstić information content (AvgIpc) is 2.18. The fourth-order valence-corrected chi connectivity index (χ4v) is 1.51. The topological polar surface area (TPSA) is 9.23 Å². The number of ether oxygens (including phenoxy) is 1. The third kappa shape index (κ3) is 1.74. The second-order valence-electron chi connectivity index (χ2n) is 3.19. The highest BCUT2D eigenvalue weighted by Gasteiger charge is 2.09. The van der Waals surface area contributed by atoms with E-state index in [4.69, 9.17) is 4.74 Å². The third-order valence-corrected chi connectivity index (χ3v) is 2.19. The molecule has 67 valence electrons. The van der Waals surface area contributed by atoms with Crippen LogP contribution in [0, 0.1) is 6.92 Å². The Bertz CT molecular complexity index is 326. The van der Waals surface area contributed by atoms with Crippen LogP contribution < -0.4 is 4.74 Å². The van der Waals surface area contributed by atoms with Gasteiger partial charge in [-0.25, -0.2) is 0 Å². The summed E-state index contributed by atoms with van der Waals surface area (Å²) >= 11 is 0. The molecule has 1 aliphatic heterocycles. The first kappa shape index (κ1) is 8.36. The van der Waals surface area contributed by atoms with Crippen molar-refractivity contribution in [1.82, 2.24) is 0 Å². The summed E-state index contributed by atoms with van der Waals surface area (Å²) in [5, 5.41) is 0. The number of benzene rings is 1. The molecule has 1 aromatic carbocycles. The Balaban J connectivity index is 2.18. The average molecular weight is 173 g/mol. The molecule has 1 radical (unpaired) electrons. The van der Waals surface area contributed by atoms with Crippen LogP contribution in [0.5, 0.6) is 5.75 Å². The van der Waals surface area contributed by atoms with Crippen LogP contribution in [-0.2, 0) is 6.42 Å². The van der Waals surface area contributed by atoms with Crippen molar-refractivity contribution in [1.29, 1.82) is 0 Å². The van der Waals surface area contributed by atoms with Crippen LogP contribution in [-0.4, -0.2) is 0 Å². The first-order valence-corrected chi connectivity index (χ1v) is 4.64. The zero-order valence-corrected chi connectivity index (χ0v) is 7.62. The fourth-order valence-electron chi connectivity index (χ4n) is 1.51. The molecule has 0 saturated carbocycles. The van der Waals surface area contributed by atoms with Gasteiger partial charge in [-0.05, 0) is 30.5 Å². The van der Waals surface area contributed by atoms with E-state index in [0.717, 1.165) is 30.8 Å². The minimum absolute atomic E-state index is 0.897. The van der Waals surface area contributed by atoms with Crippen LogP contribution in [0.4, 0.5) is 0 Å². The van der Waals surface area contributed by atoms with Crippen LogP contribution in [0.2, 0.25) is 0 Å². The highest BCUT2D eigenvalue weighted by atomic mass is 16.5. The molecule has 2 rings (SSSR count).